The van der Waals surface area contributed by atoms with Crippen molar-refractivity contribution in [3.05, 3.63) is 23.7 Å². The third kappa shape index (κ3) is 4.04. The summed E-state index contributed by atoms with van der Waals surface area (Å²) in [5, 5.41) is 10.5. The van der Waals surface area contributed by atoms with Gasteiger partial charge in [0.05, 0.1) is 5.25 Å². The second-order valence-electron chi connectivity index (χ2n) is 6.83. The van der Waals surface area contributed by atoms with Crippen LogP contribution in [0, 0.1) is 5.92 Å². The van der Waals surface area contributed by atoms with E-state index in [1.807, 2.05) is 0 Å². The number of nitrogens with one attached hydrogen (secondary N) is 2. The van der Waals surface area contributed by atoms with Gasteiger partial charge in [-0.1, -0.05) is 6.08 Å². The SMILES string of the molecule is CC(C)S(=O)(=O)NC1CCCC(NC2=C3N=CC=CC3C(=O)N=N2)C1. The number of azo groups is 1. The minimum atomic E-state index is -3.29. The Morgan fingerprint density at radius 2 is 1.96 bits per heavy atom. The molecule has 2 N–H and O–H groups in total. The molecule has 2 heterocycles. The normalized spacial score (nSPS) is 29.2. The summed E-state index contributed by atoms with van der Waals surface area (Å²) in [6.45, 7) is 3.34. The van der Waals surface area contributed by atoms with Crippen LogP contribution in [0.2, 0.25) is 0 Å². The number of dihydropyridines is 1. The average Bonchev–Trinajstić information content (AvgIpc) is 2.57. The molecule has 1 amide bonds. The number of hydrogen-bond donors (Lipinski definition) is 2. The molecule has 0 bridgehead atoms. The van der Waals surface area contributed by atoms with Gasteiger partial charge < -0.3 is 5.32 Å². The molecule has 25 heavy (non-hydrogen) atoms. The van der Waals surface area contributed by atoms with Gasteiger partial charge in [-0.3, -0.25) is 9.79 Å². The number of carbonyl (C=O) groups excluding carboxylic acids is 1. The van der Waals surface area contributed by atoms with Gasteiger partial charge in [-0.25, -0.2) is 13.1 Å². The smallest absolute Gasteiger partial charge is 0.277 e. The first-order chi connectivity index (χ1) is 11.9. The van der Waals surface area contributed by atoms with Crippen molar-refractivity contribution in [2.75, 3.05) is 0 Å². The number of hydrogen-bond acceptors (Lipinski definition) is 6. The number of sulfonamides is 1. The second kappa shape index (κ2) is 7.17. The van der Waals surface area contributed by atoms with Gasteiger partial charge in [0.1, 0.15) is 11.6 Å². The van der Waals surface area contributed by atoms with Gasteiger partial charge >= 0.3 is 0 Å². The molecule has 0 spiro atoms. The maximum atomic E-state index is 12.1. The van der Waals surface area contributed by atoms with E-state index in [1.54, 1.807) is 32.2 Å². The third-order valence-corrected chi connectivity index (χ3v) is 6.52. The summed E-state index contributed by atoms with van der Waals surface area (Å²) in [5.74, 6) is -0.300. The molecule has 0 radical (unpaired) electrons. The van der Waals surface area contributed by atoms with E-state index in [2.05, 4.69) is 25.3 Å². The van der Waals surface area contributed by atoms with Gasteiger partial charge in [-0.05, 0) is 45.6 Å². The molecular formula is C16H23N5O3S. The van der Waals surface area contributed by atoms with Gasteiger partial charge in [0.25, 0.3) is 5.91 Å². The molecule has 8 nitrogen and oxygen atoms in total. The zero-order chi connectivity index (χ0) is 18.0. The molecule has 136 valence electrons. The fraction of sp³-hybridized carbons (Fsp3) is 0.625. The molecule has 1 aliphatic carbocycles. The van der Waals surface area contributed by atoms with Gasteiger partial charge in [-0.15, -0.1) is 10.2 Å². The van der Waals surface area contributed by atoms with Crippen molar-refractivity contribution in [1.29, 1.82) is 0 Å². The Labute approximate surface area is 147 Å². The molecule has 0 saturated heterocycles. The standard InChI is InChI=1S/C16H23N5O3S/c1-10(2)25(23,24)21-12-6-3-5-11(9-12)18-15-14-13(7-4-8-17-14)16(22)20-19-15/h4,7-8,10-13,18,21H,3,5-6,9H2,1-2H3. The Balaban J connectivity index is 1.69. The number of carbonyl (C=O) groups is 1. The Morgan fingerprint density at radius 1 is 1.20 bits per heavy atom. The van der Waals surface area contributed by atoms with Crippen LogP contribution in [-0.4, -0.2) is 37.9 Å². The molecule has 3 atom stereocenters. The van der Waals surface area contributed by atoms with Crippen LogP contribution in [0.3, 0.4) is 0 Å². The maximum absolute atomic E-state index is 12.1. The van der Waals surface area contributed by atoms with E-state index in [0.717, 1.165) is 19.3 Å². The van der Waals surface area contributed by atoms with Crippen LogP contribution in [0.5, 0.6) is 0 Å². The highest BCUT2D eigenvalue weighted by atomic mass is 32.2. The van der Waals surface area contributed by atoms with Crippen LogP contribution in [0.15, 0.2) is 38.9 Å². The minimum absolute atomic E-state index is 0.0602. The van der Waals surface area contributed by atoms with Crippen LogP contribution >= 0.6 is 0 Å². The van der Waals surface area contributed by atoms with E-state index in [4.69, 9.17) is 0 Å². The number of amides is 1. The highest BCUT2D eigenvalue weighted by molar-refractivity contribution is 7.90. The average molecular weight is 365 g/mol. The largest absolute Gasteiger partial charge is 0.364 e. The predicted molar refractivity (Wildman–Crippen MR) is 94.4 cm³/mol. The molecule has 0 aromatic heterocycles. The van der Waals surface area contributed by atoms with E-state index in [1.165, 1.54) is 0 Å². The summed E-state index contributed by atoms with van der Waals surface area (Å²) in [6.07, 6.45) is 8.41. The lowest BCUT2D eigenvalue weighted by molar-refractivity contribution is -0.120. The minimum Gasteiger partial charge on any atom is -0.364 e. The molecular weight excluding hydrogens is 342 g/mol. The van der Waals surface area contributed by atoms with Crippen molar-refractivity contribution < 1.29 is 13.2 Å². The zero-order valence-corrected chi connectivity index (χ0v) is 15.2. The molecule has 3 unspecified atom stereocenters. The predicted octanol–water partition coefficient (Wildman–Crippen LogP) is 1.63. The summed E-state index contributed by atoms with van der Waals surface area (Å²) < 4.78 is 27.0. The van der Waals surface area contributed by atoms with E-state index in [9.17, 15) is 13.2 Å². The van der Waals surface area contributed by atoms with E-state index >= 15 is 0 Å². The third-order valence-electron chi connectivity index (χ3n) is 4.62. The van der Waals surface area contributed by atoms with Crippen LogP contribution in [0.4, 0.5) is 0 Å². The number of rotatable bonds is 5. The molecule has 2 aliphatic heterocycles. The van der Waals surface area contributed by atoms with Crippen molar-refractivity contribution in [1.82, 2.24) is 10.0 Å². The highest BCUT2D eigenvalue weighted by Crippen LogP contribution is 2.28. The van der Waals surface area contributed by atoms with Crippen molar-refractivity contribution >= 4 is 22.1 Å². The van der Waals surface area contributed by atoms with Gasteiger partial charge in [0.2, 0.25) is 10.0 Å². The topological polar surface area (TPSA) is 112 Å². The monoisotopic (exact) mass is 365 g/mol. The number of fused-ring (bicyclic) bond motifs is 1. The van der Waals surface area contributed by atoms with Crippen molar-refractivity contribution in [2.24, 2.45) is 21.1 Å². The number of nitrogens with zero attached hydrogens (tertiary/aromatic N) is 3. The lowest BCUT2D eigenvalue weighted by atomic mass is 9.91. The van der Waals surface area contributed by atoms with Crippen molar-refractivity contribution in [3.63, 3.8) is 0 Å². The highest BCUT2D eigenvalue weighted by Gasteiger charge is 2.32. The maximum Gasteiger partial charge on any atom is 0.277 e. The summed E-state index contributed by atoms with van der Waals surface area (Å²) in [6, 6.07) is -0.0398. The molecule has 1 fully saturated rings. The van der Waals surface area contributed by atoms with E-state index in [-0.39, 0.29) is 18.0 Å². The van der Waals surface area contributed by atoms with Crippen LogP contribution in [0.25, 0.3) is 0 Å². The Bertz CT molecular complexity index is 767. The van der Waals surface area contributed by atoms with Crippen molar-refractivity contribution in [3.8, 4) is 0 Å². The van der Waals surface area contributed by atoms with E-state index in [0.29, 0.717) is 17.9 Å². The molecule has 0 aromatic carbocycles. The van der Waals surface area contributed by atoms with E-state index < -0.39 is 21.2 Å². The lowest BCUT2D eigenvalue weighted by Crippen LogP contribution is -2.46. The van der Waals surface area contributed by atoms with Crippen LogP contribution in [-0.2, 0) is 14.8 Å². The first kappa shape index (κ1) is 17.9. The first-order valence-electron chi connectivity index (χ1n) is 8.55. The summed E-state index contributed by atoms with van der Waals surface area (Å²) in [4.78, 5) is 16.1. The molecule has 0 aromatic rings. The number of aliphatic imine (C=N–C) groups is 1. The quantitative estimate of drug-likeness (QED) is 0.771. The summed E-state index contributed by atoms with van der Waals surface area (Å²) >= 11 is 0. The summed E-state index contributed by atoms with van der Waals surface area (Å²) in [7, 11) is -3.29. The summed E-state index contributed by atoms with van der Waals surface area (Å²) in [5.41, 5.74) is 0.576. The van der Waals surface area contributed by atoms with Gasteiger partial charge in [-0.2, -0.15) is 0 Å². The molecule has 3 rings (SSSR count). The zero-order valence-electron chi connectivity index (χ0n) is 14.3. The number of allylic oxidation sites excluding steroid dienone is 1. The molecule has 3 aliphatic rings. The Hall–Kier alpha value is -1.87. The lowest BCUT2D eigenvalue weighted by Gasteiger charge is -2.32. The molecule has 9 heteroatoms. The van der Waals surface area contributed by atoms with Gasteiger partial charge in [0, 0.05) is 18.3 Å². The fourth-order valence-corrected chi connectivity index (χ4v) is 4.12. The van der Waals surface area contributed by atoms with Crippen LogP contribution in [0.1, 0.15) is 39.5 Å². The van der Waals surface area contributed by atoms with Crippen LogP contribution < -0.4 is 10.0 Å². The Kier molecular flexibility index (Phi) is 5.14. The second-order valence-corrected chi connectivity index (χ2v) is 9.10. The van der Waals surface area contributed by atoms with Crippen molar-refractivity contribution in [2.45, 2.75) is 56.9 Å². The molecule has 1 saturated carbocycles. The van der Waals surface area contributed by atoms with Gasteiger partial charge in [0.15, 0.2) is 5.82 Å². The fourth-order valence-electron chi connectivity index (χ4n) is 3.17. The first-order valence-corrected chi connectivity index (χ1v) is 10.1. The Morgan fingerprint density at radius 3 is 2.72 bits per heavy atom.